The van der Waals surface area contributed by atoms with Gasteiger partial charge >= 0.3 is 0 Å². The molecule has 47 heavy (non-hydrogen) atoms. The van der Waals surface area contributed by atoms with Crippen molar-refractivity contribution in [2.24, 2.45) is 11.8 Å². The van der Waals surface area contributed by atoms with E-state index >= 15 is 0 Å². The molecule has 0 amide bonds. The number of hydrogen-bond donors (Lipinski definition) is 1. The maximum atomic E-state index is 12.3. The first kappa shape index (κ1) is 35.2. The summed E-state index contributed by atoms with van der Waals surface area (Å²) < 4.78 is 0. The van der Waals surface area contributed by atoms with Gasteiger partial charge in [-0.3, -0.25) is 9.59 Å². The van der Waals surface area contributed by atoms with Gasteiger partial charge in [0, 0.05) is 54.5 Å². The normalized spacial score (nSPS) is 15.2. The van der Waals surface area contributed by atoms with Gasteiger partial charge in [-0.05, 0) is 66.6 Å². The number of ketones is 2. The topological polar surface area (TPSA) is 49.4 Å². The van der Waals surface area contributed by atoms with Crippen molar-refractivity contribution in [2.75, 3.05) is 10.2 Å². The fourth-order valence-corrected chi connectivity index (χ4v) is 6.32. The van der Waals surface area contributed by atoms with Crippen LogP contribution in [0.25, 0.3) is 5.57 Å². The van der Waals surface area contributed by atoms with Crippen LogP contribution in [0.2, 0.25) is 0 Å². The Morgan fingerprint density at radius 2 is 1.43 bits per heavy atom. The minimum absolute atomic E-state index is 0.0913. The van der Waals surface area contributed by atoms with Crippen LogP contribution in [0.5, 0.6) is 0 Å². The molecule has 1 aliphatic rings. The first-order valence-electron chi connectivity index (χ1n) is 16.9. The molecule has 0 aromatic heterocycles. The molecule has 0 bridgehead atoms. The number of carbonyl (C=O) groups is 2. The summed E-state index contributed by atoms with van der Waals surface area (Å²) in [6.45, 7) is 17.7. The van der Waals surface area contributed by atoms with Crippen molar-refractivity contribution >= 4 is 28.5 Å². The van der Waals surface area contributed by atoms with Crippen LogP contribution < -0.4 is 10.2 Å². The van der Waals surface area contributed by atoms with Crippen LogP contribution in [0.3, 0.4) is 0 Å². The fourth-order valence-electron chi connectivity index (χ4n) is 6.32. The van der Waals surface area contributed by atoms with Crippen molar-refractivity contribution in [3.8, 4) is 0 Å². The van der Waals surface area contributed by atoms with E-state index in [1.54, 1.807) is 6.92 Å². The predicted molar refractivity (Wildman–Crippen MR) is 199 cm³/mol. The third-order valence-electron chi connectivity index (χ3n) is 9.10. The van der Waals surface area contributed by atoms with E-state index in [9.17, 15) is 9.59 Å². The Morgan fingerprint density at radius 3 is 2.02 bits per heavy atom. The number of Topliss-reactive ketones (excluding diaryl/α,β-unsaturated/α-hetero) is 2. The molecule has 4 heteroatoms. The molecule has 1 saturated carbocycles. The minimum atomic E-state index is 0.0913. The van der Waals surface area contributed by atoms with Crippen LogP contribution in [-0.4, -0.2) is 11.6 Å². The lowest BCUT2D eigenvalue weighted by Gasteiger charge is -2.34. The van der Waals surface area contributed by atoms with Crippen molar-refractivity contribution in [1.82, 2.24) is 0 Å². The Hall–Kier alpha value is -4.70. The number of rotatable bonds is 13. The molecule has 0 aliphatic heterocycles. The molecule has 2 atom stereocenters. The molecule has 4 aromatic carbocycles. The Balaban J connectivity index is 0.000000351. The second-order valence-corrected chi connectivity index (χ2v) is 12.7. The summed E-state index contributed by atoms with van der Waals surface area (Å²) in [7, 11) is 0. The molecule has 2 unspecified atom stereocenters. The van der Waals surface area contributed by atoms with Gasteiger partial charge in [0.25, 0.3) is 0 Å². The number of benzene rings is 4. The number of nitrogens with one attached hydrogen (secondary N) is 1. The number of hydrogen-bond acceptors (Lipinski definition) is 4. The van der Waals surface area contributed by atoms with Gasteiger partial charge in [-0.15, -0.1) is 0 Å². The summed E-state index contributed by atoms with van der Waals surface area (Å²) in [5, 5.41) is 3.51. The Labute approximate surface area is 282 Å². The first-order chi connectivity index (χ1) is 22.7. The van der Waals surface area contributed by atoms with E-state index in [-0.39, 0.29) is 11.6 Å². The molecule has 1 fully saturated rings. The molecule has 0 saturated heterocycles. The minimum Gasteiger partial charge on any atom is -0.381 e. The zero-order valence-electron chi connectivity index (χ0n) is 28.6. The van der Waals surface area contributed by atoms with Gasteiger partial charge in [0.1, 0.15) is 5.78 Å². The van der Waals surface area contributed by atoms with Crippen LogP contribution >= 0.6 is 0 Å². The highest BCUT2D eigenvalue weighted by Crippen LogP contribution is 2.40. The van der Waals surface area contributed by atoms with E-state index in [1.165, 1.54) is 36.1 Å². The molecule has 0 spiro atoms. The number of nitrogens with zero attached hydrogens (tertiary/aromatic N) is 1. The molecule has 1 N–H and O–H groups in total. The van der Waals surface area contributed by atoms with Crippen LogP contribution in [-0.2, 0) is 24.3 Å². The van der Waals surface area contributed by atoms with E-state index in [2.05, 4.69) is 97.0 Å². The summed E-state index contributed by atoms with van der Waals surface area (Å²) in [5.41, 5.74) is 9.63. The standard InChI is InChI=1S/C32H38N2O.C11H12O/c1-4-30(35)21-28-14-8-9-16-32(28)34(25(3)31-15-10-11-24(31)2)23-27-17-19-29(20-18-27)33-22-26-12-6-5-7-13-26;1-8(2)10-6-4-5-7-11(10)9(3)12/h5-9,12-14,16-20,24,31,33H,3-4,10-11,15,21-23H2,1-2H3;4-7H,1H2,2-3H3. The summed E-state index contributed by atoms with van der Waals surface area (Å²) in [6.07, 6.45) is 4.74. The van der Waals surface area contributed by atoms with E-state index in [4.69, 9.17) is 0 Å². The van der Waals surface area contributed by atoms with Gasteiger partial charge in [0.15, 0.2) is 5.78 Å². The Morgan fingerprint density at radius 1 is 0.787 bits per heavy atom. The van der Waals surface area contributed by atoms with Crippen molar-refractivity contribution in [2.45, 2.75) is 72.9 Å². The summed E-state index contributed by atoms with van der Waals surface area (Å²) in [4.78, 5) is 25.8. The molecule has 0 heterocycles. The first-order valence-corrected chi connectivity index (χ1v) is 16.9. The van der Waals surface area contributed by atoms with Crippen molar-refractivity contribution in [3.05, 3.63) is 150 Å². The summed E-state index contributed by atoms with van der Waals surface area (Å²) in [6, 6.07) is 35.0. The van der Waals surface area contributed by atoms with Crippen LogP contribution in [0, 0.1) is 11.8 Å². The maximum absolute atomic E-state index is 12.3. The Kier molecular flexibility index (Phi) is 12.9. The van der Waals surface area contributed by atoms with Gasteiger partial charge in [-0.1, -0.05) is 130 Å². The quantitative estimate of drug-likeness (QED) is 0.150. The summed E-state index contributed by atoms with van der Waals surface area (Å²) in [5.74, 6) is 1.48. The number of para-hydroxylation sites is 1. The molecule has 1 aliphatic carbocycles. The average molecular weight is 627 g/mol. The molecule has 4 nitrogen and oxygen atoms in total. The second kappa shape index (κ2) is 17.3. The fraction of sp³-hybridized carbons (Fsp3) is 0.302. The van der Waals surface area contributed by atoms with Gasteiger partial charge in [0.05, 0.1) is 0 Å². The number of allylic oxidation sites excluding steroid dienone is 2. The van der Waals surface area contributed by atoms with Crippen LogP contribution in [0.1, 0.15) is 86.0 Å². The highest BCUT2D eigenvalue weighted by molar-refractivity contribution is 5.98. The molecule has 4 aromatic rings. The average Bonchev–Trinajstić information content (AvgIpc) is 3.53. The number of anilines is 2. The lowest BCUT2D eigenvalue weighted by Crippen LogP contribution is -2.28. The smallest absolute Gasteiger partial charge is 0.160 e. The lowest BCUT2D eigenvalue weighted by atomic mass is 9.93. The number of carbonyl (C=O) groups excluding carboxylic acids is 2. The molecule has 0 radical (unpaired) electrons. The maximum Gasteiger partial charge on any atom is 0.160 e. The molecular weight excluding hydrogens is 576 g/mol. The monoisotopic (exact) mass is 626 g/mol. The highest BCUT2D eigenvalue weighted by Gasteiger charge is 2.30. The van der Waals surface area contributed by atoms with Gasteiger partial charge in [-0.2, -0.15) is 0 Å². The molecule has 244 valence electrons. The SMILES string of the molecule is C=C(C)c1ccccc1C(C)=O.C=C(C1CCCC1C)N(Cc1ccc(NCc2ccccc2)cc1)c1ccccc1CC(=O)CC. The predicted octanol–water partition coefficient (Wildman–Crippen LogP) is 10.7. The highest BCUT2D eigenvalue weighted by atomic mass is 16.1. The van der Waals surface area contributed by atoms with E-state index in [1.807, 2.05) is 50.2 Å². The van der Waals surface area contributed by atoms with E-state index in [0.29, 0.717) is 24.7 Å². The second-order valence-electron chi connectivity index (χ2n) is 12.7. The van der Waals surface area contributed by atoms with Gasteiger partial charge < -0.3 is 10.2 Å². The molecule has 5 rings (SSSR count). The van der Waals surface area contributed by atoms with Crippen molar-refractivity contribution in [3.63, 3.8) is 0 Å². The largest absolute Gasteiger partial charge is 0.381 e. The van der Waals surface area contributed by atoms with E-state index < -0.39 is 0 Å². The van der Waals surface area contributed by atoms with Crippen LogP contribution in [0.4, 0.5) is 11.4 Å². The van der Waals surface area contributed by atoms with Gasteiger partial charge in [0.2, 0.25) is 0 Å². The zero-order valence-corrected chi connectivity index (χ0v) is 28.6. The lowest BCUT2D eigenvalue weighted by molar-refractivity contribution is -0.118. The van der Waals surface area contributed by atoms with Crippen LogP contribution in [0.15, 0.2) is 122 Å². The van der Waals surface area contributed by atoms with Crippen molar-refractivity contribution < 1.29 is 9.59 Å². The zero-order chi connectivity index (χ0) is 33.8. The third kappa shape index (κ3) is 9.89. The third-order valence-corrected chi connectivity index (χ3v) is 9.10. The summed E-state index contributed by atoms with van der Waals surface area (Å²) >= 11 is 0. The van der Waals surface area contributed by atoms with Crippen molar-refractivity contribution in [1.29, 1.82) is 0 Å². The van der Waals surface area contributed by atoms with E-state index in [0.717, 1.165) is 46.7 Å². The van der Waals surface area contributed by atoms with Gasteiger partial charge in [-0.25, -0.2) is 0 Å². The Bertz CT molecular complexity index is 1620. The molecular formula is C43H50N2O2.